The number of rotatable bonds is 5. The fourth-order valence-corrected chi connectivity index (χ4v) is 2.76. The first-order valence-corrected chi connectivity index (χ1v) is 7.51. The number of benzene rings is 1. The summed E-state index contributed by atoms with van der Waals surface area (Å²) in [7, 11) is 0. The van der Waals surface area contributed by atoms with Crippen molar-refractivity contribution in [1.82, 2.24) is 9.59 Å². The van der Waals surface area contributed by atoms with Gasteiger partial charge in [-0.3, -0.25) is 0 Å². The number of hydrogen-bond donors (Lipinski definition) is 1. The molecule has 1 unspecified atom stereocenters. The molecule has 0 bridgehead atoms. The van der Waals surface area contributed by atoms with E-state index in [1.165, 1.54) is 11.5 Å². The predicted molar refractivity (Wildman–Crippen MR) is 76.7 cm³/mol. The first kappa shape index (κ1) is 13.6. The average Bonchev–Trinajstić information content (AvgIpc) is 2.81. The number of aryl methyl sites for hydroxylation is 1. The van der Waals surface area contributed by atoms with Gasteiger partial charge in [0, 0.05) is 10.9 Å². The summed E-state index contributed by atoms with van der Waals surface area (Å²) in [4.78, 5) is 0.903. The Bertz CT molecular complexity index is 498. The average molecular weight is 327 g/mol. The summed E-state index contributed by atoms with van der Waals surface area (Å²) in [5.41, 5.74) is 2.05. The zero-order valence-electron chi connectivity index (χ0n) is 10.1. The summed E-state index contributed by atoms with van der Waals surface area (Å²) in [5, 5.41) is 14.3. The molecule has 96 valence electrons. The van der Waals surface area contributed by atoms with E-state index in [2.05, 4.69) is 32.4 Å². The van der Waals surface area contributed by atoms with E-state index in [0.717, 1.165) is 33.4 Å². The number of aliphatic hydroxyl groups is 1. The molecule has 0 saturated heterocycles. The lowest BCUT2D eigenvalue weighted by Crippen LogP contribution is -2.03. The molecule has 18 heavy (non-hydrogen) atoms. The van der Waals surface area contributed by atoms with Gasteiger partial charge in [-0.1, -0.05) is 45.9 Å². The Kier molecular flexibility index (Phi) is 4.86. The Morgan fingerprint density at radius 2 is 2.06 bits per heavy atom. The lowest BCUT2D eigenvalue weighted by atomic mass is 10.1. The van der Waals surface area contributed by atoms with Gasteiger partial charge in [-0.25, -0.2) is 0 Å². The van der Waals surface area contributed by atoms with Crippen LogP contribution >= 0.6 is 27.5 Å². The van der Waals surface area contributed by atoms with E-state index in [-0.39, 0.29) is 0 Å². The van der Waals surface area contributed by atoms with Crippen molar-refractivity contribution in [3.05, 3.63) is 44.9 Å². The molecule has 5 heteroatoms. The SMILES string of the molecule is CCCc1nnsc1C(O)Cc1ccc(Br)cc1. The molecule has 2 rings (SSSR count). The van der Waals surface area contributed by atoms with Crippen LogP contribution in [0.1, 0.15) is 35.6 Å². The van der Waals surface area contributed by atoms with Gasteiger partial charge in [-0.2, -0.15) is 0 Å². The zero-order valence-corrected chi connectivity index (χ0v) is 12.5. The van der Waals surface area contributed by atoms with Gasteiger partial charge >= 0.3 is 0 Å². The molecule has 1 N–H and O–H groups in total. The van der Waals surface area contributed by atoms with Crippen molar-refractivity contribution in [1.29, 1.82) is 0 Å². The standard InChI is InChI=1S/C13H15BrN2OS/c1-2-3-11-13(18-16-15-11)12(17)8-9-4-6-10(14)7-5-9/h4-7,12,17H,2-3,8H2,1H3. The molecule has 0 aliphatic rings. The largest absolute Gasteiger partial charge is 0.387 e. The van der Waals surface area contributed by atoms with Crippen molar-refractivity contribution in [2.45, 2.75) is 32.3 Å². The topological polar surface area (TPSA) is 46.0 Å². The summed E-state index contributed by atoms with van der Waals surface area (Å²) in [5.74, 6) is 0. The third kappa shape index (κ3) is 3.37. The molecule has 0 saturated carbocycles. The maximum absolute atomic E-state index is 10.3. The van der Waals surface area contributed by atoms with Crippen LogP contribution in [-0.2, 0) is 12.8 Å². The molecule has 0 aliphatic carbocycles. The smallest absolute Gasteiger partial charge is 0.0957 e. The van der Waals surface area contributed by atoms with Gasteiger partial charge < -0.3 is 5.11 Å². The maximum atomic E-state index is 10.3. The van der Waals surface area contributed by atoms with Gasteiger partial charge in [-0.05, 0) is 35.6 Å². The van der Waals surface area contributed by atoms with Crippen LogP contribution in [0.4, 0.5) is 0 Å². The van der Waals surface area contributed by atoms with Crippen LogP contribution in [0, 0.1) is 0 Å². The van der Waals surface area contributed by atoms with Gasteiger partial charge in [0.25, 0.3) is 0 Å². The first-order chi connectivity index (χ1) is 8.70. The quantitative estimate of drug-likeness (QED) is 0.914. The summed E-state index contributed by atoms with van der Waals surface area (Å²) >= 11 is 4.70. The summed E-state index contributed by atoms with van der Waals surface area (Å²) < 4.78 is 4.99. The van der Waals surface area contributed by atoms with E-state index < -0.39 is 6.10 Å². The molecule has 1 aromatic heterocycles. The second-order valence-corrected chi connectivity index (χ2v) is 5.88. The molecular formula is C13H15BrN2OS. The third-order valence-electron chi connectivity index (χ3n) is 2.72. The van der Waals surface area contributed by atoms with Crippen molar-refractivity contribution in [2.75, 3.05) is 0 Å². The molecule has 0 aliphatic heterocycles. The van der Waals surface area contributed by atoms with Gasteiger partial charge in [0.15, 0.2) is 0 Å². The molecule has 3 nitrogen and oxygen atoms in total. The highest BCUT2D eigenvalue weighted by atomic mass is 79.9. The number of nitrogens with zero attached hydrogens (tertiary/aromatic N) is 2. The fraction of sp³-hybridized carbons (Fsp3) is 0.385. The van der Waals surface area contributed by atoms with Crippen LogP contribution in [0.3, 0.4) is 0 Å². The number of hydrogen-bond acceptors (Lipinski definition) is 4. The maximum Gasteiger partial charge on any atom is 0.0957 e. The van der Waals surface area contributed by atoms with Gasteiger partial charge in [-0.15, -0.1) is 5.10 Å². The Labute approximate surface area is 119 Å². The van der Waals surface area contributed by atoms with Gasteiger partial charge in [0.1, 0.15) is 0 Å². The predicted octanol–water partition coefficient (Wildman–Crippen LogP) is 3.53. The normalized spacial score (nSPS) is 12.6. The van der Waals surface area contributed by atoms with E-state index in [4.69, 9.17) is 0 Å². The lowest BCUT2D eigenvalue weighted by Gasteiger charge is -2.09. The van der Waals surface area contributed by atoms with Gasteiger partial charge in [0.2, 0.25) is 0 Å². The summed E-state index contributed by atoms with van der Waals surface area (Å²) in [6.45, 7) is 2.10. The molecule has 2 aromatic rings. The monoisotopic (exact) mass is 326 g/mol. The van der Waals surface area contributed by atoms with Crippen molar-refractivity contribution in [3.63, 3.8) is 0 Å². The minimum Gasteiger partial charge on any atom is -0.387 e. The molecule has 0 radical (unpaired) electrons. The number of aliphatic hydroxyl groups excluding tert-OH is 1. The molecular weight excluding hydrogens is 312 g/mol. The van der Waals surface area contributed by atoms with E-state index in [1.807, 2.05) is 24.3 Å². The summed E-state index contributed by atoms with van der Waals surface area (Å²) in [6, 6.07) is 8.00. The fourth-order valence-electron chi connectivity index (χ4n) is 1.82. The van der Waals surface area contributed by atoms with Gasteiger partial charge in [0.05, 0.1) is 16.7 Å². The van der Waals surface area contributed by atoms with Crippen molar-refractivity contribution in [3.8, 4) is 0 Å². The molecule has 0 fully saturated rings. The van der Waals surface area contributed by atoms with Crippen molar-refractivity contribution >= 4 is 27.5 Å². The number of halogens is 1. The third-order valence-corrected chi connectivity index (χ3v) is 4.11. The number of aromatic nitrogens is 2. The van der Waals surface area contributed by atoms with Crippen LogP contribution in [0.15, 0.2) is 28.7 Å². The highest BCUT2D eigenvalue weighted by molar-refractivity contribution is 9.10. The van der Waals surface area contributed by atoms with Crippen LogP contribution in [0.2, 0.25) is 0 Å². The van der Waals surface area contributed by atoms with Crippen LogP contribution in [0.25, 0.3) is 0 Å². The Hall–Kier alpha value is -0.780. The van der Waals surface area contributed by atoms with E-state index in [1.54, 1.807) is 0 Å². The molecule has 1 heterocycles. The van der Waals surface area contributed by atoms with Crippen LogP contribution < -0.4 is 0 Å². The van der Waals surface area contributed by atoms with Crippen molar-refractivity contribution in [2.24, 2.45) is 0 Å². The molecule has 1 aromatic carbocycles. The summed E-state index contributed by atoms with van der Waals surface area (Å²) in [6.07, 6.45) is 1.99. The molecule has 1 atom stereocenters. The minimum atomic E-state index is -0.507. The molecule has 0 amide bonds. The Morgan fingerprint density at radius 1 is 1.33 bits per heavy atom. The van der Waals surface area contributed by atoms with E-state index in [0.29, 0.717) is 6.42 Å². The highest BCUT2D eigenvalue weighted by Gasteiger charge is 2.16. The first-order valence-electron chi connectivity index (χ1n) is 5.94. The van der Waals surface area contributed by atoms with Crippen LogP contribution in [-0.4, -0.2) is 14.7 Å². The van der Waals surface area contributed by atoms with E-state index >= 15 is 0 Å². The van der Waals surface area contributed by atoms with Crippen molar-refractivity contribution < 1.29 is 5.11 Å². The minimum absolute atomic E-state index is 0.507. The zero-order chi connectivity index (χ0) is 13.0. The second-order valence-electron chi connectivity index (χ2n) is 4.18. The van der Waals surface area contributed by atoms with Crippen LogP contribution in [0.5, 0.6) is 0 Å². The Morgan fingerprint density at radius 3 is 2.72 bits per heavy atom. The Balaban J connectivity index is 2.09. The second kappa shape index (κ2) is 6.41. The van der Waals surface area contributed by atoms with E-state index in [9.17, 15) is 5.11 Å². The highest BCUT2D eigenvalue weighted by Crippen LogP contribution is 2.25. The lowest BCUT2D eigenvalue weighted by molar-refractivity contribution is 0.181. The molecule has 0 spiro atoms.